The van der Waals surface area contributed by atoms with E-state index in [0.29, 0.717) is 42.4 Å². The van der Waals surface area contributed by atoms with Gasteiger partial charge in [0.15, 0.2) is 18.1 Å². The lowest BCUT2D eigenvalue weighted by Gasteiger charge is -2.22. The maximum absolute atomic E-state index is 13.1. The van der Waals surface area contributed by atoms with Crippen LogP contribution in [0.4, 0.5) is 0 Å². The first kappa shape index (κ1) is 25.4. The Morgan fingerprint density at radius 3 is 2.41 bits per heavy atom. The minimum absolute atomic E-state index is 0.00165. The molecule has 2 aromatic rings. The first-order chi connectivity index (χ1) is 16.6. The van der Waals surface area contributed by atoms with Gasteiger partial charge in [-0.2, -0.15) is 0 Å². The highest BCUT2D eigenvalue weighted by atomic mass is 16.5. The smallest absolute Gasteiger partial charge is 0.260 e. The number of rotatable bonds is 12. The first-order valence-electron chi connectivity index (χ1n) is 12.3. The largest absolute Gasteiger partial charge is 0.490 e. The van der Waals surface area contributed by atoms with Crippen molar-refractivity contribution in [1.29, 1.82) is 0 Å². The number of amides is 2. The lowest BCUT2D eigenvalue weighted by atomic mass is 10.0. The second-order valence-electron chi connectivity index (χ2n) is 8.29. The molecule has 7 nitrogen and oxygen atoms in total. The van der Waals surface area contributed by atoms with Crippen molar-refractivity contribution >= 4 is 11.8 Å². The monoisotopic (exact) mass is 468 g/mol. The van der Waals surface area contributed by atoms with Crippen molar-refractivity contribution in [3.05, 3.63) is 53.6 Å². The van der Waals surface area contributed by atoms with E-state index < -0.39 is 0 Å². The van der Waals surface area contributed by atoms with Crippen molar-refractivity contribution in [1.82, 2.24) is 10.2 Å². The Balaban J connectivity index is 1.71. The molecule has 184 valence electrons. The molecule has 34 heavy (non-hydrogen) atoms. The van der Waals surface area contributed by atoms with Crippen molar-refractivity contribution in [2.45, 2.75) is 52.5 Å². The van der Waals surface area contributed by atoms with Crippen molar-refractivity contribution < 1.29 is 23.8 Å². The fourth-order valence-corrected chi connectivity index (χ4v) is 3.99. The molecule has 0 spiro atoms. The van der Waals surface area contributed by atoms with Gasteiger partial charge in [-0.25, -0.2) is 0 Å². The van der Waals surface area contributed by atoms with E-state index in [4.69, 9.17) is 14.2 Å². The normalized spacial score (nSPS) is 13.9. The molecular weight excluding hydrogens is 432 g/mol. The molecule has 1 unspecified atom stereocenters. The minimum Gasteiger partial charge on any atom is -0.490 e. The van der Waals surface area contributed by atoms with Gasteiger partial charge >= 0.3 is 0 Å². The van der Waals surface area contributed by atoms with Crippen molar-refractivity contribution in [3.8, 4) is 17.2 Å². The maximum Gasteiger partial charge on any atom is 0.260 e. The minimum atomic E-state index is -0.267. The second-order valence-corrected chi connectivity index (χ2v) is 8.29. The zero-order valence-corrected chi connectivity index (χ0v) is 20.5. The molecule has 1 atom stereocenters. The van der Waals surface area contributed by atoms with Crippen LogP contribution in [0.15, 0.2) is 42.5 Å². The summed E-state index contributed by atoms with van der Waals surface area (Å²) in [5.41, 5.74) is 1.34. The van der Waals surface area contributed by atoms with E-state index in [-0.39, 0.29) is 24.5 Å². The summed E-state index contributed by atoms with van der Waals surface area (Å²) in [6.07, 6.45) is 3.64. The van der Waals surface area contributed by atoms with E-state index in [2.05, 4.69) is 5.32 Å². The first-order valence-corrected chi connectivity index (χ1v) is 12.3. The number of ether oxygens (including phenoxy) is 3. The Kier molecular flexibility index (Phi) is 9.62. The second kappa shape index (κ2) is 12.9. The molecule has 3 rings (SSSR count). The van der Waals surface area contributed by atoms with Crippen molar-refractivity contribution in [2.75, 3.05) is 32.9 Å². The number of likely N-dealkylation sites (tertiary alicyclic amines) is 1. The molecule has 2 amide bonds. The Hall–Kier alpha value is -3.22. The van der Waals surface area contributed by atoms with Gasteiger partial charge in [0.25, 0.3) is 11.8 Å². The van der Waals surface area contributed by atoms with Gasteiger partial charge in [-0.15, -0.1) is 0 Å². The SMILES string of the molecule is CCCOc1ccc(C(=O)NC(CC)c2ccccc2OCC(=O)N2CCCC2)cc1OCC. The molecule has 1 saturated heterocycles. The van der Waals surface area contributed by atoms with E-state index in [9.17, 15) is 9.59 Å². The van der Waals surface area contributed by atoms with Crippen LogP contribution in [-0.4, -0.2) is 49.6 Å². The summed E-state index contributed by atoms with van der Waals surface area (Å²) in [6, 6.07) is 12.5. The van der Waals surface area contributed by atoms with Gasteiger partial charge in [0.05, 0.1) is 19.3 Å². The third-order valence-corrected chi connectivity index (χ3v) is 5.79. The van der Waals surface area contributed by atoms with E-state index >= 15 is 0 Å². The van der Waals surface area contributed by atoms with Gasteiger partial charge in [-0.05, 0) is 56.9 Å². The molecular formula is C27H36N2O5. The molecule has 1 fully saturated rings. The highest BCUT2D eigenvalue weighted by Gasteiger charge is 2.22. The molecule has 1 aliphatic heterocycles. The van der Waals surface area contributed by atoms with E-state index in [1.165, 1.54) is 0 Å². The Morgan fingerprint density at radius 2 is 1.71 bits per heavy atom. The van der Waals surface area contributed by atoms with Crippen LogP contribution in [0.25, 0.3) is 0 Å². The van der Waals surface area contributed by atoms with Crippen molar-refractivity contribution in [2.24, 2.45) is 0 Å². The lowest BCUT2D eigenvalue weighted by molar-refractivity contribution is -0.132. The Morgan fingerprint density at radius 1 is 0.941 bits per heavy atom. The number of nitrogens with zero attached hydrogens (tertiary/aromatic N) is 1. The fourth-order valence-electron chi connectivity index (χ4n) is 3.99. The molecule has 0 radical (unpaired) electrons. The van der Waals surface area contributed by atoms with Gasteiger partial charge in [0.1, 0.15) is 5.75 Å². The topological polar surface area (TPSA) is 77.1 Å². The standard InChI is InChI=1S/C27H36N2O5/c1-4-17-33-24-14-13-20(18-25(24)32-6-3)27(31)28-22(5-2)21-11-7-8-12-23(21)34-19-26(30)29-15-9-10-16-29/h7-8,11-14,18,22H,4-6,9-10,15-17,19H2,1-3H3,(H,28,31). The average Bonchev–Trinajstić information content (AvgIpc) is 3.40. The van der Waals surface area contributed by atoms with Gasteiger partial charge < -0.3 is 24.4 Å². The number of hydrogen-bond acceptors (Lipinski definition) is 5. The predicted octanol–water partition coefficient (Wildman–Crippen LogP) is 4.76. The summed E-state index contributed by atoms with van der Waals surface area (Å²) in [7, 11) is 0. The highest BCUT2D eigenvalue weighted by Crippen LogP contribution is 2.30. The van der Waals surface area contributed by atoms with Crippen LogP contribution in [0.1, 0.15) is 68.4 Å². The number of hydrogen-bond donors (Lipinski definition) is 1. The Bertz CT molecular complexity index is 956. The van der Waals surface area contributed by atoms with Crippen LogP contribution in [0.2, 0.25) is 0 Å². The number of nitrogens with one attached hydrogen (secondary N) is 1. The van der Waals surface area contributed by atoms with Gasteiger partial charge in [-0.1, -0.05) is 32.0 Å². The molecule has 1 aliphatic rings. The highest BCUT2D eigenvalue weighted by molar-refractivity contribution is 5.95. The summed E-state index contributed by atoms with van der Waals surface area (Å²) in [6.45, 7) is 8.59. The van der Waals surface area contributed by atoms with Crippen LogP contribution in [0.3, 0.4) is 0 Å². The molecule has 0 aromatic heterocycles. The van der Waals surface area contributed by atoms with Crippen LogP contribution >= 0.6 is 0 Å². The van der Waals surface area contributed by atoms with Gasteiger partial charge in [0.2, 0.25) is 0 Å². The van der Waals surface area contributed by atoms with E-state index in [1.54, 1.807) is 18.2 Å². The zero-order valence-electron chi connectivity index (χ0n) is 20.5. The summed E-state index contributed by atoms with van der Waals surface area (Å²) < 4.78 is 17.3. The van der Waals surface area contributed by atoms with Crippen LogP contribution in [0.5, 0.6) is 17.2 Å². The third-order valence-electron chi connectivity index (χ3n) is 5.79. The molecule has 0 aliphatic carbocycles. The molecule has 0 saturated carbocycles. The maximum atomic E-state index is 13.1. The molecule has 1 heterocycles. The molecule has 2 aromatic carbocycles. The van der Waals surface area contributed by atoms with Crippen LogP contribution in [-0.2, 0) is 4.79 Å². The Labute approximate surface area is 202 Å². The third kappa shape index (κ3) is 6.65. The predicted molar refractivity (Wildman–Crippen MR) is 132 cm³/mol. The summed E-state index contributed by atoms with van der Waals surface area (Å²) in [5, 5.41) is 3.10. The number of carbonyl (C=O) groups is 2. The summed E-state index contributed by atoms with van der Waals surface area (Å²) in [5.74, 6) is 1.59. The molecule has 1 N–H and O–H groups in total. The quantitative estimate of drug-likeness (QED) is 0.486. The summed E-state index contributed by atoms with van der Waals surface area (Å²) in [4.78, 5) is 27.4. The van der Waals surface area contributed by atoms with Crippen molar-refractivity contribution in [3.63, 3.8) is 0 Å². The lowest BCUT2D eigenvalue weighted by Crippen LogP contribution is -2.32. The van der Waals surface area contributed by atoms with E-state index in [0.717, 1.165) is 37.9 Å². The number of benzene rings is 2. The van der Waals surface area contributed by atoms with E-state index in [1.807, 2.05) is 49.9 Å². The molecule has 7 heteroatoms. The average molecular weight is 469 g/mol. The number of carbonyl (C=O) groups excluding carboxylic acids is 2. The van der Waals surface area contributed by atoms with Crippen LogP contribution < -0.4 is 19.5 Å². The molecule has 0 bridgehead atoms. The number of para-hydroxylation sites is 1. The van der Waals surface area contributed by atoms with Crippen LogP contribution in [0, 0.1) is 0 Å². The van der Waals surface area contributed by atoms with Gasteiger partial charge in [-0.3, -0.25) is 9.59 Å². The summed E-state index contributed by atoms with van der Waals surface area (Å²) >= 11 is 0. The fraction of sp³-hybridized carbons (Fsp3) is 0.481. The van der Waals surface area contributed by atoms with Gasteiger partial charge in [0, 0.05) is 24.2 Å². The zero-order chi connectivity index (χ0) is 24.3.